The molecule has 0 aliphatic heterocycles. The lowest BCUT2D eigenvalue weighted by molar-refractivity contribution is -0.113. The molecule has 2 heterocycles. The minimum absolute atomic E-state index is 0.121. The number of H-pyrrole nitrogens is 1. The molecule has 2 aromatic heterocycles. The Balaban J connectivity index is 1.74. The average molecular weight is 343 g/mol. The summed E-state index contributed by atoms with van der Waals surface area (Å²) in [6.45, 7) is 3.92. The average Bonchev–Trinajstić information content (AvgIpc) is 2.95. The predicted octanol–water partition coefficient (Wildman–Crippen LogP) is 2.02. The van der Waals surface area contributed by atoms with Crippen molar-refractivity contribution >= 4 is 29.1 Å². The molecule has 0 fully saturated rings. The standard InChI is InChI=1S/C16H17N5O2S/c1-3-12-8-13(22)18-15-19-20-16(21(12)15)24-9-14(23)17-11-6-4-5-10(2)7-11/h4-8H,3,9H2,1-2H3,(H,17,23)(H,18,19,22). The van der Waals surface area contributed by atoms with E-state index in [1.807, 2.05) is 38.1 Å². The second-order valence-electron chi connectivity index (χ2n) is 5.33. The summed E-state index contributed by atoms with van der Waals surface area (Å²) in [5.41, 5.74) is 2.45. The number of rotatable bonds is 5. The number of nitrogens with one attached hydrogen (secondary N) is 2. The molecule has 0 aliphatic rings. The summed E-state index contributed by atoms with van der Waals surface area (Å²) in [7, 11) is 0. The first-order valence-corrected chi connectivity index (χ1v) is 8.52. The number of aromatic nitrogens is 4. The van der Waals surface area contributed by atoms with Gasteiger partial charge in [-0.05, 0) is 31.0 Å². The molecule has 0 radical (unpaired) electrons. The number of anilines is 1. The number of aromatic amines is 1. The lowest BCUT2D eigenvalue weighted by atomic mass is 10.2. The summed E-state index contributed by atoms with van der Waals surface area (Å²) in [5.74, 6) is 0.475. The second kappa shape index (κ2) is 6.88. The Kier molecular flexibility index (Phi) is 4.66. The van der Waals surface area contributed by atoms with Gasteiger partial charge < -0.3 is 5.32 Å². The Morgan fingerprint density at radius 2 is 2.17 bits per heavy atom. The van der Waals surface area contributed by atoms with E-state index in [4.69, 9.17) is 0 Å². The lowest BCUT2D eigenvalue weighted by Gasteiger charge is -2.06. The minimum Gasteiger partial charge on any atom is -0.325 e. The summed E-state index contributed by atoms with van der Waals surface area (Å²) < 4.78 is 1.77. The number of nitrogens with zero attached hydrogens (tertiary/aromatic N) is 3. The quantitative estimate of drug-likeness (QED) is 0.692. The third-order valence-corrected chi connectivity index (χ3v) is 4.38. The number of fused-ring (bicyclic) bond motifs is 1. The topological polar surface area (TPSA) is 92.2 Å². The van der Waals surface area contributed by atoms with Crippen LogP contribution in [0.5, 0.6) is 0 Å². The van der Waals surface area contributed by atoms with E-state index in [-0.39, 0.29) is 17.2 Å². The van der Waals surface area contributed by atoms with Crippen LogP contribution in [0, 0.1) is 6.92 Å². The van der Waals surface area contributed by atoms with Crippen molar-refractivity contribution in [2.45, 2.75) is 25.4 Å². The first-order chi connectivity index (χ1) is 11.6. The van der Waals surface area contributed by atoms with Crippen LogP contribution >= 0.6 is 11.8 Å². The number of hydrogen-bond acceptors (Lipinski definition) is 5. The van der Waals surface area contributed by atoms with Crippen LogP contribution in [0.4, 0.5) is 5.69 Å². The van der Waals surface area contributed by atoms with Crippen LogP contribution in [0.25, 0.3) is 5.78 Å². The Morgan fingerprint density at radius 1 is 1.33 bits per heavy atom. The Hall–Kier alpha value is -2.61. The fourth-order valence-electron chi connectivity index (χ4n) is 2.38. The van der Waals surface area contributed by atoms with E-state index in [1.165, 1.54) is 17.8 Å². The molecule has 24 heavy (non-hydrogen) atoms. The van der Waals surface area contributed by atoms with Gasteiger partial charge in [0.15, 0.2) is 5.16 Å². The molecule has 8 heteroatoms. The van der Waals surface area contributed by atoms with E-state index in [0.29, 0.717) is 17.4 Å². The monoisotopic (exact) mass is 343 g/mol. The van der Waals surface area contributed by atoms with Crippen LogP contribution in [0.2, 0.25) is 0 Å². The van der Waals surface area contributed by atoms with E-state index in [0.717, 1.165) is 16.9 Å². The lowest BCUT2D eigenvalue weighted by Crippen LogP contribution is -2.15. The third-order valence-electron chi connectivity index (χ3n) is 3.45. The summed E-state index contributed by atoms with van der Waals surface area (Å²) in [4.78, 5) is 26.3. The first kappa shape index (κ1) is 16.3. The molecule has 0 saturated carbocycles. The maximum Gasteiger partial charge on any atom is 0.252 e. The number of hydrogen-bond donors (Lipinski definition) is 2. The van der Waals surface area contributed by atoms with Gasteiger partial charge in [-0.3, -0.25) is 19.0 Å². The normalized spacial score (nSPS) is 10.9. The zero-order valence-electron chi connectivity index (χ0n) is 13.4. The predicted molar refractivity (Wildman–Crippen MR) is 93.5 cm³/mol. The molecule has 0 aliphatic carbocycles. The number of thioether (sulfide) groups is 1. The highest BCUT2D eigenvalue weighted by atomic mass is 32.2. The summed E-state index contributed by atoms with van der Waals surface area (Å²) in [5, 5.41) is 11.5. The molecule has 0 saturated heterocycles. The Bertz CT molecular complexity index is 947. The largest absolute Gasteiger partial charge is 0.325 e. The zero-order chi connectivity index (χ0) is 17.1. The van der Waals surface area contributed by atoms with Crippen molar-refractivity contribution in [3.63, 3.8) is 0 Å². The molecular weight excluding hydrogens is 326 g/mol. The van der Waals surface area contributed by atoms with Crippen molar-refractivity contribution in [2.24, 2.45) is 0 Å². The molecule has 124 valence electrons. The summed E-state index contributed by atoms with van der Waals surface area (Å²) in [6, 6.07) is 9.15. The maximum atomic E-state index is 12.1. The Labute approximate surface area is 142 Å². The minimum atomic E-state index is -0.208. The molecule has 0 unspecified atom stereocenters. The molecule has 3 aromatic rings. The van der Waals surface area contributed by atoms with Crippen LogP contribution < -0.4 is 10.9 Å². The van der Waals surface area contributed by atoms with Gasteiger partial charge in [-0.1, -0.05) is 30.8 Å². The van der Waals surface area contributed by atoms with Crippen LogP contribution in [0.3, 0.4) is 0 Å². The van der Waals surface area contributed by atoms with Crippen LogP contribution in [0.15, 0.2) is 40.3 Å². The van der Waals surface area contributed by atoms with E-state index in [1.54, 1.807) is 4.40 Å². The van der Waals surface area contributed by atoms with Gasteiger partial charge >= 0.3 is 0 Å². The molecule has 1 aromatic carbocycles. The number of carbonyl (C=O) groups excluding carboxylic acids is 1. The fourth-order valence-corrected chi connectivity index (χ4v) is 3.14. The molecule has 0 atom stereocenters. The SMILES string of the molecule is CCc1cc(=O)[nH]c2nnc(SCC(=O)Nc3cccc(C)c3)n12. The Morgan fingerprint density at radius 3 is 2.92 bits per heavy atom. The molecule has 7 nitrogen and oxygen atoms in total. The second-order valence-corrected chi connectivity index (χ2v) is 6.27. The first-order valence-electron chi connectivity index (χ1n) is 7.53. The number of benzene rings is 1. The van der Waals surface area contributed by atoms with Crippen molar-refractivity contribution in [1.29, 1.82) is 0 Å². The van der Waals surface area contributed by atoms with Gasteiger partial charge in [-0.25, -0.2) is 0 Å². The van der Waals surface area contributed by atoms with E-state index < -0.39 is 0 Å². The van der Waals surface area contributed by atoms with Crippen molar-refractivity contribution < 1.29 is 4.79 Å². The molecule has 2 N–H and O–H groups in total. The van der Waals surface area contributed by atoms with Crippen molar-refractivity contribution in [3.8, 4) is 0 Å². The molecule has 1 amide bonds. The van der Waals surface area contributed by atoms with Crippen LogP contribution in [0.1, 0.15) is 18.2 Å². The van der Waals surface area contributed by atoms with Crippen molar-refractivity contribution in [3.05, 3.63) is 51.9 Å². The molecule has 3 rings (SSSR count). The van der Waals surface area contributed by atoms with E-state index in [2.05, 4.69) is 20.5 Å². The van der Waals surface area contributed by atoms with Gasteiger partial charge in [0.1, 0.15) is 0 Å². The number of aryl methyl sites for hydroxylation is 2. The highest BCUT2D eigenvalue weighted by Crippen LogP contribution is 2.18. The van der Waals surface area contributed by atoms with Crippen molar-refractivity contribution in [1.82, 2.24) is 19.6 Å². The van der Waals surface area contributed by atoms with Crippen LogP contribution in [-0.4, -0.2) is 31.2 Å². The van der Waals surface area contributed by atoms with Gasteiger partial charge in [0.2, 0.25) is 11.7 Å². The van der Waals surface area contributed by atoms with Gasteiger partial charge in [0.25, 0.3) is 5.56 Å². The van der Waals surface area contributed by atoms with Gasteiger partial charge in [-0.2, -0.15) is 0 Å². The summed E-state index contributed by atoms with van der Waals surface area (Å²) in [6.07, 6.45) is 0.668. The molecule has 0 bridgehead atoms. The molecule has 0 spiro atoms. The van der Waals surface area contributed by atoms with E-state index >= 15 is 0 Å². The van der Waals surface area contributed by atoms with Crippen molar-refractivity contribution in [2.75, 3.05) is 11.1 Å². The van der Waals surface area contributed by atoms with E-state index in [9.17, 15) is 9.59 Å². The fraction of sp³-hybridized carbons (Fsp3) is 0.250. The van der Waals surface area contributed by atoms with Crippen LogP contribution in [-0.2, 0) is 11.2 Å². The molecular formula is C16H17N5O2S. The van der Waals surface area contributed by atoms with Gasteiger partial charge in [0.05, 0.1) is 5.75 Å². The zero-order valence-corrected chi connectivity index (χ0v) is 14.2. The number of amides is 1. The highest BCUT2D eigenvalue weighted by Gasteiger charge is 2.13. The smallest absolute Gasteiger partial charge is 0.252 e. The summed E-state index contributed by atoms with van der Waals surface area (Å²) >= 11 is 1.28. The third kappa shape index (κ3) is 3.48. The highest BCUT2D eigenvalue weighted by molar-refractivity contribution is 7.99. The van der Waals surface area contributed by atoms with Gasteiger partial charge in [-0.15, -0.1) is 10.2 Å². The maximum absolute atomic E-state index is 12.1. The van der Waals surface area contributed by atoms with Gasteiger partial charge in [0, 0.05) is 17.4 Å². The number of carbonyl (C=O) groups is 1.